The van der Waals surface area contributed by atoms with Crippen molar-refractivity contribution in [2.75, 3.05) is 4.72 Å². The number of nitrogens with zero attached hydrogens (tertiary/aromatic N) is 1. The van der Waals surface area contributed by atoms with Crippen molar-refractivity contribution >= 4 is 21.9 Å². The number of benzene rings is 1. The lowest BCUT2D eigenvalue weighted by atomic mass is 10.2. The highest BCUT2D eigenvalue weighted by Gasteiger charge is 2.14. The highest BCUT2D eigenvalue weighted by atomic mass is 32.2. The van der Waals surface area contributed by atoms with Gasteiger partial charge >= 0.3 is 0 Å². The Hall–Kier alpha value is -2.14. The van der Waals surface area contributed by atoms with E-state index in [-0.39, 0.29) is 12.1 Å². The van der Waals surface area contributed by atoms with E-state index in [1.54, 1.807) is 36.4 Å². The number of hydrogen-bond donors (Lipinski definition) is 1. The molecule has 1 aromatic heterocycles. The fourth-order valence-electron chi connectivity index (χ4n) is 1.60. The number of aryl methyl sites for hydroxylation is 1. The molecule has 0 aliphatic carbocycles. The summed E-state index contributed by atoms with van der Waals surface area (Å²) in [4.78, 5) is 4.40. The van der Waals surface area contributed by atoms with Gasteiger partial charge in [-0.3, -0.25) is 4.72 Å². The van der Waals surface area contributed by atoms with Crippen molar-refractivity contribution in [2.24, 2.45) is 0 Å². The zero-order chi connectivity index (χ0) is 15.9. The number of anilines is 1. The number of rotatable bonds is 4. The van der Waals surface area contributed by atoms with Gasteiger partial charge in [0.2, 0.25) is 0 Å². The maximum atomic E-state index is 12.1. The molecule has 0 amide bonds. The Morgan fingerprint density at radius 2 is 1.76 bits per heavy atom. The first-order valence-electron chi connectivity index (χ1n) is 6.71. The van der Waals surface area contributed by atoms with E-state index in [9.17, 15) is 8.42 Å². The smallest absolute Gasteiger partial charge is 0.263 e. The lowest BCUT2D eigenvalue weighted by Gasteiger charge is -2.08. The van der Waals surface area contributed by atoms with E-state index in [1.165, 1.54) is 12.1 Å². The molecule has 1 heterocycles. The van der Waals surface area contributed by atoms with Crippen LogP contribution in [0.15, 0.2) is 53.9 Å². The van der Waals surface area contributed by atoms with Gasteiger partial charge in [0.25, 0.3) is 10.0 Å². The molecule has 0 radical (unpaired) electrons. The topological polar surface area (TPSA) is 59.1 Å². The number of hydrogen-bond acceptors (Lipinski definition) is 3. The predicted octanol–water partition coefficient (Wildman–Crippen LogP) is 4.11. The molecule has 5 heteroatoms. The van der Waals surface area contributed by atoms with Gasteiger partial charge in [-0.1, -0.05) is 44.7 Å². The van der Waals surface area contributed by atoms with Gasteiger partial charge in [-0.15, -0.1) is 0 Å². The molecule has 0 spiro atoms. The van der Waals surface area contributed by atoms with E-state index < -0.39 is 10.0 Å². The van der Waals surface area contributed by atoms with Crippen molar-refractivity contribution in [3.8, 4) is 0 Å². The van der Waals surface area contributed by atoms with Crippen LogP contribution in [-0.2, 0) is 10.0 Å². The van der Waals surface area contributed by atoms with Gasteiger partial charge in [0.1, 0.15) is 5.82 Å². The molecular formula is C16H22N2O2S. The molecule has 1 aromatic carbocycles. The number of sulfonamides is 1. The van der Waals surface area contributed by atoms with Crippen LogP contribution in [0.3, 0.4) is 0 Å². The van der Waals surface area contributed by atoms with Crippen LogP contribution in [0.2, 0.25) is 0 Å². The predicted molar refractivity (Wildman–Crippen MR) is 89.8 cm³/mol. The quantitative estimate of drug-likeness (QED) is 0.925. The maximum Gasteiger partial charge on any atom is 0.263 e. The summed E-state index contributed by atoms with van der Waals surface area (Å²) in [6.45, 7) is 9.54. The van der Waals surface area contributed by atoms with Crippen LogP contribution in [0, 0.1) is 6.92 Å². The van der Waals surface area contributed by atoms with Crippen LogP contribution in [0.1, 0.15) is 26.5 Å². The van der Waals surface area contributed by atoms with Crippen molar-refractivity contribution < 1.29 is 9.84 Å². The standard InChI is InChI=1S/C14H14N2O2S.C2H6.H2/c1-3-13-11(2)9-10-14(15-13)16-19(17,18)12-7-5-4-6-8-12;1-2;/h3-10H,1H2,2H3,(H,15,16);1-2H3;1H. The number of aromatic nitrogens is 1. The third kappa shape index (κ3) is 4.43. The van der Waals surface area contributed by atoms with Crippen molar-refractivity contribution in [1.29, 1.82) is 0 Å². The average Bonchev–Trinajstić information content (AvgIpc) is 2.52. The Morgan fingerprint density at radius 3 is 2.33 bits per heavy atom. The zero-order valence-electron chi connectivity index (χ0n) is 12.5. The summed E-state index contributed by atoms with van der Waals surface area (Å²) in [5.41, 5.74) is 1.60. The molecule has 2 aromatic rings. The van der Waals surface area contributed by atoms with Gasteiger partial charge in [0.05, 0.1) is 10.6 Å². The largest absolute Gasteiger partial charge is 0.263 e. The maximum absolute atomic E-state index is 12.1. The van der Waals surface area contributed by atoms with Crippen molar-refractivity contribution in [3.63, 3.8) is 0 Å². The molecule has 0 aliphatic heterocycles. The van der Waals surface area contributed by atoms with Crippen molar-refractivity contribution in [2.45, 2.75) is 25.7 Å². The fraction of sp³-hybridized carbons (Fsp3) is 0.188. The van der Waals surface area contributed by atoms with Gasteiger partial charge in [-0.2, -0.15) is 0 Å². The minimum atomic E-state index is -3.60. The minimum absolute atomic E-state index is 0. The molecule has 0 fully saturated rings. The lowest BCUT2D eigenvalue weighted by Crippen LogP contribution is -2.14. The summed E-state index contributed by atoms with van der Waals surface area (Å²) in [5, 5.41) is 0. The molecule has 0 unspecified atom stereocenters. The summed E-state index contributed by atoms with van der Waals surface area (Å²) >= 11 is 0. The molecule has 0 aliphatic rings. The molecule has 2 rings (SSSR count). The molecule has 0 saturated carbocycles. The van der Waals surface area contributed by atoms with Crippen LogP contribution in [0.25, 0.3) is 6.08 Å². The molecule has 0 saturated heterocycles. The molecule has 21 heavy (non-hydrogen) atoms. The Bertz CT molecular complexity index is 701. The van der Waals surface area contributed by atoms with Crippen LogP contribution in [0.5, 0.6) is 0 Å². The highest BCUT2D eigenvalue weighted by Crippen LogP contribution is 2.16. The molecule has 114 valence electrons. The summed E-state index contributed by atoms with van der Waals surface area (Å²) in [7, 11) is -3.60. The number of nitrogens with one attached hydrogen (secondary N) is 1. The number of pyridine rings is 1. The van der Waals surface area contributed by atoms with Gasteiger partial charge in [0, 0.05) is 1.43 Å². The minimum Gasteiger partial charge on any atom is -0.263 e. The Kier molecular flexibility index (Phi) is 6.11. The van der Waals surface area contributed by atoms with Crippen molar-refractivity contribution in [3.05, 3.63) is 60.3 Å². The van der Waals surface area contributed by atoms with Gasteiger partial charge in [0.15, 0.2) is 0 Å². The molecule has 0 bridgehead atoms. The molecule has 0 atom stereocenters. The third-order valence-electron chi connectivity index (χ3n) is 2.62. The lowest BCUT2D eigenvalue weighted by molar-refractivity contribution is 0.601. The first-order valence-corrected chi connectivity index (χ1v) is 8.19. The first-order chi connectivity index (χ1) is 10.0. The van der Waals surface area contributed by atoms with E-state index in [0.29, 0.717) is 5.69 Å². The Morgan fingerprint density at radius 1 is 1.14 bits per heavy atom. The Balaban J connectivity index is 0.00000141. The second-order valence-electron chi connectivity index (χ2n) is 4.02. The molecular weight excluding hydrogens is 284 g/mol. The van der Waals surface area contributed by atoms with E-state index >= 15 is 0 Å². The van der Waals surface area contributed by atoms with E-state index in [4.69, 9.17) is 0 Å². The summed E-state index contributed by atoms with van der Waals surface area (Å²) < 4.78 is 26.7. The zero-order valence-corrected chi connectivity index (χ0v) is 13.3. The third-order valence-corrected chi connectivity index (χ3v) is 3.99. The second kappa shape index (κ2) is 7.59. The van der Waals surface area contributed by atoms with Crippen LogP contribution in [0.4, 0.5) is 5.82 Å². The normalized spacial score (nSPS) is 10.2. The van der Waals surface area contributed by atoms with E-state index in [2.05, 4.69) is 16.3 Å². The molecule has 4 nitrogen and oxygen atoms in total. The van der Waals surface area contributed by atoms with Gasteiger partial charge in [-0.05, 0) is 36.8 Å². The van der Waals surface area contributed by atoms with Gasteiger partial charge < -0.3 is 0 Å². The summed E-state index contributed by atoms with van der Waals surface area (Å²) in [6, 6.07) is 11.6. The van der Waals surface area contributed by atoms with E-state index in [1.807, 2.05) is 20.8 Å². The monoisotopic (exact) mass is 306 g/mol. The fourth-order valence-corrected chi connectivity index (χ4v) is 2.63. The highest BCUT2D eigenvalue weighted by molar-refractivity contribution is 7.92. The van der Waals surface area contributed by atoms with Crippen molar-refractivity contribution in [1.82, 2.24) is 4.98 Å². The van der Waals surface area contributed by atoms with E-state index in [0.717, 1.165) is 5.56 Å². The van der Waals surface area contributed by atoms with Gasteiger partial charge in [-0.25, -0.2) is 13.4 Å². The summed E-state index contributed by atoms with van der Waals surface area (Å²) in [6.07, 6.45) is 1.59. The average molecular weight is 306 g/mol. The second-order valence-corrected chi connectivity index (χ2v) is 5.70. The Labute approximate surface area is 128 Å². The first kappa shape index (κ1) is 16.9. The van der Waals surface area contributed by atoms with Crippen LogP contribution < -0.4 is 4.72 Å². The van der Waals surface area contributed by atoms with Crippen LogP contribution in [-0.4, -0.2) is 13.4 Å². The molecule has 1 N–H and O–H groups in total. The summed E-state index contributed by atoms with van der Waals surface area (Å²) in [5.74, 6) is 0.282. The SMILES string of the molecule is C=Cc1nc(NS(=O)(=O)c2ccccc2)ccc1C.CC.[HH]. The van der Waals surface area contributed by atoms with Crippen LogP contribution >= 0.6 is 0 Å².